The van der Waals surface area contributed by atoms with Gasteiger partial charge in [0.25, 0.3) is 5.56 Å². The molecule has 4 rings (SSSR count). The number of esters is 1. The minimum atomic E-state index is -0.325. The molecule has 1 saturated carbocycles. The third kappa shape index (κ3) is 2.12. The number of carbonyl (C=O) groups is 1. The minimum Gasteiger partial charge on any atom is -0.466 e. The monoisotopic (exact) mass is 331 g/mol. The van der Waals surface area contributed by atoms with E-state index < -0.39 is 0 Å². The molecule has 1 fully saturated rings. The van der Waals surface area contributed by atoms with Crippen LogP contribution in [0.25, 0.3) is 16.9 Å². The van der Waals surface area contributed by atoms with Gasteiger partial charge in [-0.05, 0) is 6.42 Å². The van der Waals surface area contributed by atoms with Gasteiger partial charge in [0.1, 0.15) is 5.65 Å². The van der Waals surface area contributed by atoms with Crippen LogP contribution in [-0.2, 0) is 9.53 Å². The number of aromatic amines is 1. The average Bonchev–Trinajstić information content (AvgIpc) is 3.14. The number of hydrogen-bond donors (Lipinski definition) is 2. The van der Waals surface area contributed by atoms with Crippen LogP contribution in [0, 0.1) is 11.8 Å². The largest absolute Gasteiger partial charge is 0.466 e. The van der Waals surface area contributed by atoms with E-state index in [-0.39, 0.29) is 36.0 Å². The Labute approximate surface area is 135 Å². The summed E-state index contributed by atoms with van der Waals surface area (Å²) in [6, 6.07) is -0.00591. The Morgan fingerprint density at radius 1 is 1.50 bits per heavy atom. The van der Waals surface area contributed by atoms with Crippen LogP contribution in [0.3, 0.4) is 0 Å². The SMILES string of the molecule is CC(=O)OC[C@H]1C[C@@H](n2cnc3c(=O)n4ccnc4[nH]c32)[C@@H]1CO. The Balaban J connectivity index is 1.68. The number of carbonyl (C=O) groups excluding carboxylic acids is 1. The topological polar surface area (TPSA) is 115 Å². The van der Waals surface area contributed by atoms with E-state index in [1.54, 1.807) is 18.7 Å². The van der Waals surface area contributed by atoms with Crippen molar-refractivity contribution in [2.75, 3.05) is 13.2 Å². The van der Waals surface area contributed by atoms with E-state index in [1.807, 2.05) is 4.57 Å². The molecule has 0 aliphatic heterocycles. The number of fused-ring (bicyclic) bond motifs is 2. The molecule has 24 heavy (non-hydrogen) atoms. The number of ether oxygens (including phenoxy) is 1. The lowest BCUT2D eigenvalue weighted by Crippen LogP contribution is -2.43. The molecule has 0 unspecified atom stereocenters. The molecule has 0 radical (unpaired) electrons. The molecule has 9 nitrogen and oxygen atoms in total. The van der Waals surface area contributed by atoms with Crippen molar-refractivity contribution < 1.29 is 14.6 Å². The molecule has 0 saturated heterocycles. The van der Waals surface area contributed by atoms with Crippen LogP contribution in [0.5, 0.6) is 0 Å². The van der Waals surface area contributed by atoms with Gasteiger partial charge >= 0.3 is 5.97 Å². The highest BCUT2D eigenvalue weighted by Gasteiger charge is 2.43. The number of aromatic nitrogens is 5. The summed E-state index contributed by atoms with van der Waals surface area (Å²) in [7, 11) is 0. The van der Waals surface area contributed by atoms with Gasteiger partial charge in [-0.3, -0.25) is 9.59 Å². The van der Waals surface area contributed by atoms with Gasteiger partial charge in [0.2, 0.25) is 5.78 Å². The lowest BCUT2D eigenvalue weighted by atomic mass is 9.70. The Bertz CT molecular complexity index is 971. The summed E-state index contributed by atoms with van der Waals surface area (Å²) in [5.74, 6) is 0.171. The van der Waals surface area contributed by atoms with Crippen LogP contribution in [0.1, 0.15) is 19.4 Å². The van der Waals surface area contributed by atoms with E-state index in [4.69, 9.17) is 4.74 Å². The van der Waals surface area contributed by atoms with Gasteiger partial charge in [-0.1, -0.05) is 0 Å². The van der Waals surface area contributed by atoms with Crippen molar-refractivity contribution in [2.45, 2.75) is 19.4 Å². The van der Waals surface area contributed by atoms with Crippen LogP contribution in [-0.4, -0.2) is 48.2 Å². The molecule has 3 atom stereocenters. The molecule has 0 amide bonds. The summed E-state index contributed by atoms with van der Waals surface area (Å²) in [6.45, 7) is 1.64. The molecule has 9 heteroatoms. The fourth-order valence-electron chi connectivity index (χ4n) is 3.46. The Morgan fingerprint density at radius 3 is 3.08 bits per heavy atom. The zero-order chi connectivity index (χ0) is 16.8. The Kier molecular flexibility index (Phi) is 3.38. The zero-order valence-electron chi connectivity index (χ0n) is 13.0. The zero-order valence-corrected chi connectivity index (χ0v) is 13.0. The predicted molar refractivity (Wildman–Crippen MR) is 83.5 cm³/mol. The number of nitrogens with zero attached hydrogens (tertiary/aromatic N) is 4. The van der Waals surface area contributed by atoms with E-state index in [0.29, 0.717) is 23.5 Å². The fraction of sp³-hybridized carbons (Fsp3) is 0.467. The van der Waals surface area contributed by atoms with E-state index in [0.717, 1.165) is 6.42 Å². The van der Waals surface area contributed by atoms with Crippen molar-refractivity contribution in [3.05, 3.63) is 29.1 Å². The smallest absolute Gasteiger partial charge is 0.302 e. The summed E-state index contributed by atoms with van der Waals surface area (Å²) in [5.41, 5.74) is 0.694. The maximum Gasteiger partial charge on any atom is 0.302 e. The second kappa shape index (κ2) is 5.45. The summed E-state index contributed by atoms with van der Waals surface area (Å²) >= 11 is 0. The molecule has 3 aromatic heterocycles. The van der Waals surface area contributed by atoms with Gasteiger partial charge in [-0.15, -0.1) is 0 Å². The van der Waals surface area contributed by atoms with Crippen LogP contribution in [0.2, 0.25) is 0 Å². The number of imidazole rings is 2. The number of H-pyrrole nitrogens is 1. The lowest BCUT2D eigenvalue weighted by molar-refractivity contribution is -0.146. The van der Waals surface area contributed by atoms with Crippen LogP contribution in [0.15, 0.2) is 23.5 Å². The van der Waals surface area contributed by atoms with Gasteiger partial charge in [-0.2, -0.15) is 0 Å². The second-order valence-electron chi connectivity index (χ2n) is 6.11. The van der Waals surface area contributed by atoms with E-state index in [1.165, 1.54) is 11.3 Å². The molecule has 2 N–H and O–H groups in total. The molecule has 126 valence electrons. The number of nitrogens with one attached hydrogen (secondary N) is 1. The minimum absolute atomic E-state index is 0.00591. The molecule has 3 heterocycles. The number of hydrogen-bond acceptors (Lipinski definition) is 6. The highest BCUT2D eigenvalue weighted by molar-refractivity contribution is 5.72. The van der Waals surface area contributed by atoms with E-state index in [9.17, 15) is 14.7 Å². The lowest BCUT2D eigenvalue weighted by Gasteiger charge is -2.44. The predicted octanol–water partition coefficient (Wildman–Crippen LogP) is 0.105. The molecule has 0 bridgehead atoms. The van der Waals surface area contributed by atoms with Crippen LogP contribution in [0.4, 0.5) is 0 Å². The summed E-state index contributed by atoms with van der Waals surface area (Å²) < 4.78 is 8.33. The third-order valence-corrected chi connectivity index (χ3v) is 4.80. The normalized spacial score (nSPS) is 23.5. The Morgan fingerprint density at radius 2 is 2.33 bits per heavy atom. The van der Waals surface area contributed by atoms with Crippen LogP contribution < -0.4 is 5.56 Å². The first-order chi connectivity index (χ1) is 11.6. The number of aliphatic hydroxyl groups excluding tert-OH is 1. The average molecular weight is 331 g/mol. The molecule has 3 aromatic rings. The molecule has 0 aromatic carbocycles. The van der Waals surface area contributed by atoms with Crippen molar-refractivity contribution in [1.82, 2.24) is 23.9 Å². The van der Waals surface area contributed by atoms with Crippen molar-refractivity contribution in [3.8, 4) is 0 Å². The first-order valence-electron chi connectivity index (χ1n) is 7.76. The quantitative estimate of drug-likeness (QED) is 0.656. The molecular formula is C15H17N5O4. The molecule has 1 aliphatic rings. The fourth-order valence-corrected chi connectivity index (χ4v) is 3.46. The maximum absolute atomic E-state index is 12.4. The molecular weight excluding hydrogens is 314 g/mol. The second-order valence-corrected chi connectivity index (χ2v) is 6.11. The summed E-state index contributed by atoms with van der Waals surface area (Å²) in [4.78, 5) is 34.8. The Hall–Kier alpha value is -2.68. The first-order valence-corrected chi connectivity index (χ1v) is 7.76. The number of aliphatic hydroxyl groups is 1. The highest BCUT2D eigenvalue weighted by Crippen LogP contribution is 2.44. The van der Waals surface area contributed by atoms with Crippen molar-refractivity contribution in [1.29, 1.82) is 0 Å². The van der Waals surface area contributed by atoms with Crippen molar-refractivity contribution in [2.24, 2.45) is 11.8 Å². The van der Waals surface area contributed by atoms with Crippen molar-refractivity contribution in [3.63, 3.8) is 0 Å². The van der Waals surface area contributed by atoms with Gasteiger partial charge in [0.05, 0.1) is 12.9 Å². The summed E-state index contributed by atoms with van der Waals surface area (Å²) in [5, 5.41) is 9.69. The van der Waals surface area contributed by atoms with E-state index in [2.05, 4.69) is 15.0 Å². The van der Waals surface area contributed by atoms with Crippen LogP contribution >= 0.6 is 0 Å². The maximum atomic E-state index is 12.4. The third-order valence-electron chi connectivity index (χ3n) is 4.80. The van der Waals surface area contributed by atoms with Gasteiger partial charge in [0, 0.05) is 43.8 Å². The molecule has 1 aliphatic carbocycles. The van der Waals surface area contributed by atoms with Crippen molar-refractivity contribution >= 4 is 22.9 Å². The first kappa shape index (κ1) is 14.9. The summed E-state index contributed by atoms with van der Waals surface area (Å²) in [6.07, 6.45) is 5.48. The standard InChI is InChI=1S/C15H17N5O4/c1-8(22)24-6-9-4-11(10(9)5-21)20-7-17-12-13(20)18-15-16-2-3-19(15)14(12)23/h2-3,7,9-11,21H,4-6H2,1H3,(H,16,18)/t9-,10-,11-/m1/s1. The van der Waals surface area contributed by atoms with Gasteiger partial charge < -0.3 is 19.4 Å². The number of rotatable bonds is 4. The van der Waals surface area contributed by atoms with Gasteiger partial charge in [0.15, 0.2) is 5.52 Å². The highest BCUT2D eigenvalue weighted by atomic mass is 16.5. The van der Waals surface area contributed by atoms with Gasteiger partial charge in [-0.25, -0.2) is 14.4 Å². The van der Waals surface area contributed by atoms with E-state index >= 15 is 0 Å². The molecule has 0 spiro atoms.